The van der Waals surface area contributed by atoms with Gasteiger partial charge in [-0.1, -0.05) is 11.3 Å². The largest absolute Gasteiger partial charge is 0.495 e. The Balaban J connectivity index is 1.73. The zero-order chi connectivity index (χ0) is 21.2. The van der Waals surface area contributed by atoms with Crippen molar-refractivity contribution in [2.24, 2.45) is 0 Å². The number of aromatic nitrogens is 3. The van der Waals surface area contributed by atoms with Crippen molar-refractivity contribution >= 4 is 32.7 Å². The highest BCUT2D eigenvalue weighted by Gasteiger charge is 2.19. The van der Waals surface area contributed by atoms with E-state index < -0.39 is 10.0 Å². The van der Waals surface area contributed by atoms with Gasteiger partial charge >= 0.3 is 0 Å². The van der Waals surface area contributed by atoms with Crippen LogP contribution in [-0.2, 0) is 21.4 Å². The highest BCUT2D eigenvalue weighted by atomic mass is 32.2. The average molecular weight is 417 g/mol. The first-order valence-corrected chi connectivity index (χ1v) is 10.4. The maximum Gasteiger partial charge on any atom is 0.242 e. The summed E-state index contributed by atoms with van der Waals surface area (Å²) in [7, 11) is 0.940. The zero-order valence-corrected chi connectivity index (χ0v) is 17.5. The van der Waals surface area contributed by atoms with E-state index in [0.717, 1.165) is 9.87 Å². The SMILES string of the molecule is COc1ccc(C)cc1NC(=O)CCn1nnc2cc(S(=O)(=O)N(C)C)ccc21. The van der Waals surface area contributed by atoms with Gasteiger partial charge in [0, 0.05) is 20.5 Å². The minimum atomic E-state index is -3.55. The molecule has 1 aromatic heterocycles. The van der Waals surface area contributed by atoms with Crippen molar-refractivity contribution in [1.29, 1.82) is 0 Å². The smallest absolute Gasteiger partial charge is 0.242 e. The molecule has 154 valence electrons. The van der Waals surface area contributed by atoms with Gasteiger partial charge < -0.3 is 10.1 Å². The number of aryl methyl sites for hydroxylation is 2. The Morgan fingerprint density at radius 2 is 1.97 bits per heavy atom. The molecule has 10 heteroatoms. The number of carbonyl (C=O) groups excluding carboxylic acids is 1. The Kier molecular flexibility index (Phi) is 5.85. The molecule has 3 rings (SSSR count). The Bertz CT molecular complexity index is 1150. The van der Waals surface area contributed by atoms with Crippen molar-refractivity contribution in [3.63, 3.8) is 0 Å². The van der Waals surface area contributed by atoms with Crippen LogP contribution in [0.1, 0.15) is 12.0 Å². The fourth-order valence-electron chi connectivity index (χ4n) is 2.83. The summed E-state index contributed by atoms with van der Waals surface area (Å²) in [5, 5.41) is 10.9. The average Bonchev–Trinajstić information content (AvgIpc) is 3.08. The van der Waals surface area contributed by atoms with Gasteiger partial charge in [0.15, 0.2) is 0 Å². The number of fused-ring (bicyclic) bond motifs is 1. The Morgan fingerprint density at radius 1 is 1.21 bits per heavy atom. The van der Waals surface area contributed by atoms with Crippen molar-refractivity contribution in [2.75, 3.05) is 26.5 Å². The summed E-state index contributed by atoms with van der Waals surface area (Å²) in [6.45, 7) is 2.23. The van der Waals surface area contributed by atoms with E-state index in [9.17, 15) is 13.2 Å². The summed E-state index contributed by atoms with van der Waals surface area (Å²) in [4.78, 5) is 12.5. The molecule has 1 heterocycles. The molecule has 1 N–H and O–H groups in total. The van der Waals surface area contributed by atoms with E-state index in [1.807, 2.05) is 19.1 Å². The second kappa shape index (κ2) is 8.18. The molecule has 0 aliphatic carbocycles. The lowest BCUT2D eigenvalue weighted by atomic mass is 10.2. The van der Waals surface area contributed by atoms with Crippen molar-refractivity contribution in [1.82, 2.24) is 19.3 Å². The fraction of sp³-hybridized carbons (Fsp3) is 0.316. The summed E-state index contributed by atoms with van der Waals surface area (Å²) in [6.07, 6.45) is 0.174. The number of nitrogens with zero attached hydrogens (tertiary/aromatic N) is 4. The van der Waals surface area contributed by atoms with Crippen LogP contribution in [-0.4, -0.2) is 54.8 Å². The number of anilines is 1. The van der Waals surface area contributed by atoms with Crippen LogP contribution >= 0.6 is 0 Å². The van der Waals surface area contributed by atoms with E-state index in [0.29, 0.717) is 29.0 Å². The minimum Gasteiger partial charge on any atom is -0.495 e. The number of benzene rings is 2. The van der Waals surface area contributed by atoms with Gasteiger partial charge in [0.2, 0.25) is 15.9 Å². The van der Waals surface area contributed by atoms with E-state index in [-0.39, 0.29) is 17.2 Å². The lowest BCUT2D eigenvalue weighted by Gasteiger charge is -2.11. The highest BCUT2D eigenvalue weighted by molar-refractivity contribution is 7.89. The predicted molar refractivity (Wildman–Crippen MR) is 109 cm³/mol. The zero-order valence-electron chi connectivity index (χ0n) is 16.7. The van der Waals surface area contributed by atoms with Crippen LogP contribution in [0.2, 0.25) is 0 Å². The first-order valence-electron chi connectivity index (χ1n) is 8.92. The summed E-state index contributed by atoms with van der Waals surface area (Å²) < 4.78 is 32.5. The van der Waals surface area contributed by atoms with Crippen LogP contribution in [0.25, 0.3) is 11.0 Å². The third kappa shape index (κ3) is 4.38. The minimum absolute atomic E-state index is 0.145. The molecule has 0 spiro atoms. The van der Waals surface area contributed by atoms with Crippen molar-refractivity contribution in [3.05, 3.63) is 42.0 Å². The third-order valence-corrected chi connectivity index (χ3v) is 6.25. The van der Waals surface area contributed by atoms with Gasteiger partial charge in [-0.25, -0.2) is 17.4 Å². The van der Waals surface area contributed by atoms with Crippen molar-refractivity contribution in [2.45, 2.75) is 24.8 Å². The molecule has 9 nitrogen and oxygen atoms in total. The topological polar surface area (TPSA) is 106 Å². The number of ether oxygens (including phenoxy) is 1. The van der Waals surface area contributed by atoms with E-state index in [4.69, 9.17) is 4.74 Å². The molecule has 29 heavy (non-hydrogen) atoms. The molecule has 0 saturated carbocycles. The molecule has 0 fully saturated rings. The molecule has 0 radical (unpaired) electrons. The molecule has 0 atom stereocenters. The first-order chi connectivity index (χ1) is 13.7. The van der Waals surface area contributed by atoms with E-state index >= 15 is 0 Å². The quantitative estimate of drug-likeness (QED) is 0.630. The highest BCUT2D eigenvalue weighted by Crippen LogP contribution is 2.25. The summed E-state index contributed by atoms with van der Waals surface area (Å²) >= 11 is 0. The van der Waals surface area contributed by atoms with Crippen LogP contribution in [0, 0.1) is 6.92 Å². The number of nitrogens with one attached hydrogen (secondary N) is 1. The molecule has 0 aliphatic rings. The van der Waals surface area contributed by atoms with Gasteiger partial charge in [-0.15, -0.1) is 5.10 Å². The number of carbonyl (C=O) groups is 1. The molecular weight excluding hydrogens is 394 g/mol. The summed E-state index contributed by atoms with van der Waals surface area (Å²) in [6, 6.07) is 10.2. The lowest BCUT2D eigenvalue weighted by Crippen LogP contribution is -2.22. The van der Waals surface area contributed by atoms with Crippen LogP contribution in [0.15, 0.2) is 41.3 Å². The second-order valence-corrected chi connectivity index (χ2v) is 8.90. The number of amides is 1. The molecule has 0 bridgehead atoms. The number of sulfonamides is 1. The van der Waals surface area contributed by atoms with Crippen molar-refractivity contribution < 1.29 is 17.9 Å². The van der Waals surface area contributed by atoms with Crippen LogP contribution in [0.3, 0.4) is 0 Å². The van der Waals surface area contributed by atoms with Gasteiger partial charge in [-0.3, -0.25) is 4.79 Å². The lowest BCUT2D eigenvalue weighted by molar-refractivity contribution is -0.116. The maximum absolute atomic E-state index is 12.4. The fourth-order valence-corrected chi connectivity index (χ4v) is 3.75. The number of methoxy groups -OCH3 is 1. The van der Waals surface area contributed by atoms with Gasteiger partial charge in [0.1, 0.15) is 11.3 Å². The van der Waals surface area contributed by atoms with Gasteiger partial charge in [0.25, 0.3) is 0 Å². The van der Waals surface area contributed by atoms with E-state index in [2.05, 4.69) is 15.6 Å². The van der Waals surface area contributed by atoms with Crippen molar-refractivity contribution in [3.8, 4) is 5.75 Å². The molecule has 3 aromatic rings. The molecule has 0 unspecified atom stereocenters. The predicted octanol–water partition coefficient (Wildman–Crippen LogP) is 2.03. The molecule has 0 aliphatic heterocycles. The van der Waals surface area contributed by atoms with E-state index in [1.165, 1.54) is 26.2 Å². The van der Waals surface area contributed by atoms with Crippen LogP contribution in [0.4, 0.5) is 5.69 Å². The molecule has 0 saturated heterocycles. The van der Waals surface area contributed by atoms with Crippen LogP contribution in [0.5, 0.6) is 5.75 Å². The third-order valence-electron chi connectivity index (χ3n) is 4.44. The number of rotatable bonds is 7. The molecule has 1 amide bonds. The normalized spacial score (nSPS) is 11.8. The summed E-state index contributed by atoms with van der Waals surface area (Å²) in [5.74, 6) is 0.397. The monoisotopic (exact) mass is 417 g/mol. The number of hydrogen-bond acceptors (Lipinski definition) is 6. The first kappa shape index (κ1) is 20.7. The Morgan fingerprint density at radius 3 is 2.66 bits per heavy atom. The number of hydrogen-bond donors (Lipinski definition) is 1. The van der Waals surface area contributed by atoms with Crippen LogP contribution < -0.4 is 10.1 Å². The Hall–Kier alpha value is -2.98. The molecule has 2 aromatic carbocycles. The van der Waals surface area contributed by atoms with E-state index in [1.54, 1.807) is 23.9 Å². The maximum atomic E-state index is 12.4. The standard InChI is InChI=1S/C19H23N5O4S/c1-13-5-8-18(28-4)16(11-13)20-19(25)9-10-24-17-7-6-14(12-15(17)21-22-24)29(26,27)23(2)3/h5-8,11-12H,9-10H2,1-4H3,(H,20,25). The molecular formula is C19H23N5O4S. The van der Waals surface area contributed by atoms with Gasteiger partial charge in [0.05, 0.1) is 29.8 Å². The second-order valence-electron chi connectivity index (χ2n) is 6.75. The summed E-state index contributed by atoms with van der Waals surface area (Å²) in [5.41, 5.74) is 2.73. The Labute approximate surface area is 169 Å². The van der Waals surface area contributed by atoms with Gasteiger partial charge in [-0.2, -0.15) is 0 Å². The van der Waals surface area contributed by atoms with Gasteiger partial charge in [-0.05, 0) is 42.8 Å².